The van der Waals surface area contributed by atoms with Crippen LogP contribution in [0.15, 0.2) is 52.4 Å². The summed E-state index contributed by atoms with van der Waals surface area (Å²) < 4.78 is 8.34. The van der Waals surface area contributed by atoms with Crippen LogP contribution in [0.1, 0.15) is 23.6 Å². The van der Waals surface area contributed by atoms with Crippen LogP contribution < -0.4 is 10.4 Å². The van der Waals surface area contributed by atoms with E-state index in [1.807, 2.05) is 37.3 Å². The molecule has 3 aromatic rings. The van der Waals surface area contributed by atoms with Gasteiger partial charge < -0.3 is 9.94 Å². The molecule has 1 N–H and O–H groups in total. The minimum Gasteiger partial charge on any atom is -0.489 e. The average molecular weight is 353 g/mol. The maximum absolute atomic E-state index is 12.2. The second-order valence-electron chi connectivity index (χ2n) is 5.87. The second kappa shape index (κ2) is 7.22. The zero-order valence-corrected chi connectivity index (χ0v) is 14.7. The van der Waals surface area contributed by atoms with Crippen molar-refractivity contribution in [3.63, 3.8) is 0 Å². The summed E-state index contributed by atoms with van der Waals surface area (Å²) in [6.45, 7) is 3.91. The lowest BCUT2D eigenvalue weighted by atomic mass is 10.1. The highest BCUT2D eigenvalue weighted by Crippen LogP contribution is 2.21. The molecule has 0 radical (unpaired) electrons. The predicted octanol–water partition coefficient (Wildman–Crippen LogP) is 2.05. The van der Waals surface area contributed by atoms with Gasteiger partial charge in [0.05, 0.1) is 11.4 Å². The zero-order valence-electron chi connectivity index (χ0n) is 14.7. The molecule has 0 aliphatic carbocycles. The van der Waals surface area contributed by atoms with Crippen molar-refractivity contribution in [2.24, 2.45) is 12.2 Å². The first-order valence-corrected chi connectivity index (χ1v) is 8.01. The van der Waals surface area contributed by atoms with Gasteiger partial charge in [-0.05, 0) is 48.0 Å². The van der Waals surface area contributed by atoms with E-state index in [1.54, 1.807) is 26.1 Å². The summed E-state index contributed by atoms with van der Waals surface area (Å²) in [6.07, 6.45) is 0. The quantitative estimate of drug-likeness (QED) is 0.430. The Morgan fingerprint density at radius 3 is 2.69 bits per heavy atom. The minimum atomic E-state index is -0.325. The van der Waals surface area contributed by atoms with Gasteiger partial charge >= 0.3 is 5.69 Å². The molecule has 2 aromatic carbocycles. The van der Waals surface area contributed by atoms with Gasteiger partial charge in [0.15, 0.2) is 0 Å². The molecule has 1 aromatic heterocycles. The molecule has 0 amide bonds. The Labute approximate surface area is 149 Å². The third-order valence-electron chi connectivity index (χ3n) is 4.12. The van der Waals surface area contributed by atoms with Crippen LogP contribution in [-0.4, -0.2) is 30.7 Å². The maximum atomic E-state index is 12.2. The van der Waals surface area contributed by atoms with E-state index in [0.29, 0.717) is 17.1 Å². The number of aromatic nitrogens is 4. The molecular formula is C18H19N5O3. The first-order valence-electron chi connectivity index (χ1n) is 8.01. The smallest absolute Gasteiger partial charge is 0.368 e. The molecule has 0 fully saturated rings. The van der Waals surface area contributed by atoms with Gasteiger partial charge in [-0.25, -0.2) is 4.79 Å². The van der Waals surface area contributed by atoms with Crippen LogP contribution in [0.3, 0.4) is 0 Å². The summed E-state index contributed by atoms with van der Waals surface area (Å²) in [7, 11) is 1.55. The van der Waals surface area contributed by atoms with Crippen molar-refractivity contribution >= 4 is 5.71 Å². The summed E-state index contributed by atoms with van der Waals surface area (Å²) in [4.78, 5) is 12.2. The monoisotopic (exact) mass is 353 g/mol. The Bertz CT molecular complexity index is 1020. The number of hydrogen-bond donors (Lipinski definition) is 1. The third-order valence-corrected chi connectivity index (χ3v) is 4.12. The van der Waals surface area contributed by atoms with Gasteiger partial charge in [0.25, 0.3) is 0 Å². The summed E-state index contributed by atoms with van der Waals surface area (Å²) >= 11 is 0. The van der Waals surface area contributed by atoms with Crippen molar-refractivity contribution in [3.8, 4) is 11.4 Å². The largest absolute Gasteiger partial charge is 0.489 e. The summed E-state index contributed by atoms with van der Waals surface area (Å²) in [5.41, 5.74) is 3.39. The molecule has 0 saturated carbocycles. The van der Waals surface area contributed by atoms with E-state index in [4.69, 9.17) is 9.94 Å². The van der Waals surface area contributed by atoms with Crippen LogP contribution in [-0.2, 0) is 13.7 Å². The first-order chi connectivity index (χ1) is 12.5. The van der Waals surface area contributed by atoms with E-state index >= 15 is 0 Å². The van der Waals surface area contributed by atoms with E-state index in [1.165, 1.54) is 9.36 Å². The topological polar surface area (TPSA) is 94.5 Å². The van der Waals surface area contributed by atoms with Crippen molar-refractivity contribution in [1.29, 1.82) is 0 Å². The minimum absolute atomic E-state index is 0.254. The van der Waals surface area contributed by atoms with E-state index < -0.39 is 0 Å². The lowest BCUT2D eigenvalue weighted by Gasteiger charge is -2.13. The highest BCUT2D eigenvalue weighted by molar-refractivity contribution is 5.98. The zero-order chi connectivity index (χ0) is 18.7. The number of nitrogens with zero attached hydrogens (tertiary/aromatic N) is 5. The molecule has 134 valence electrons. The first kappa shape index (κ1) is 17.4. The van der Waals surface area contributed by atoms with E-state index in [-0.39, 0.29) is 12.3 Å². The molecule has 0 atom stereocenters. The van der Waals surface area contributed by atoms with Gasteiger partial charge in [0, 0.05) is 18.2 Å². The average Bonchev–Trinajstić information content (AvgIpc) is 2.99. The standard InChI is InChI=1S/C18H19N5O3/c1-12-6-4-9-17(23-18(24)22(3)20-21-23)16(12)11-26-15-8-5-7-14(10-15)13(2)19-25/h4-10,25H,11H2,1-3H3. The molecule has 0 spiro atoms. The Hall–Kier alpha value is -3.42. The van der Waals surface area contributed by atoms with E-state index in [2.05, 4.69) is 15.6 Å². The highest BCUT2D eigenvalue weighted by atomic mass is 16.5. The Morgan fingerprint density at radius 2 is 2.00 bits per heavy atom. The number of oxime groups is 1. The number of hydrogen-bond acceptors (Lipinski definition) is 6. The summed E-state index contributed by atoms with van der Waals surface area (Å²) in [5.74, 6) is 0.631. The van der Waals surface area contributed by atoms with Crippen LogP contribution in [0.5, 0.6) is 5.75 Å². The van der Waals surface area contributed by atoms with Crippen LogP contribution >= 0.6 is 0 Å². The molecule has 0 unspecified atom stereocenters. The number of ether oxygens (including phenoxy) is 1. The number of aryl methyl sites for hydroxylation is 2. The van der Waals surface area contributed by atoms with Crippen LogP contribution in [0.25, 0.3) is 5.69 Å². The molecule has 0 aliphatic rings. The normalized spacial score (nSPS) is 11.6. The van der Waals surface area contributed by atoms with Crippen molar-refractivity contribution in [2.75, 3.05) is 0 Å². The molecule has 0 aliphatic heterocycles. The van der Waals surface area contributed by atoms with Crippen molar-refractivity contribution in [1.82, 2.24) is 19.8 Å². The molecule has 26 heavy (non-hydrogen) atoms. The van der Waals surface area contributed by atoms with Crippen LogP contribution in [0.2, 0.25) is 0 Å². The lowest BCUT2D eigenvalue weighted by molar-refractivity contribution is 0.304. The van der Waals surface area contributed by atoms with E-state index in [9.17, 15) is 4.79 Å². The predicted molar refractivity (Wildman–Crippen MR) is 96.1 cm³/mol. The van der Waals surface area contributed by atoms with Gasteiger partial charge in [0.1, 0.15) is 12.4 Å². The molecule has 3 rings (SSSR count). The molecule has 0 bridgehead atoms. The molecule has 0 saturated heterocycles. The van der Waals surface area contributed by atoms with Gasteiger partial charge in [-0.1, -0.05) is 29.4 Å². The van der Waals surface area contributed by atoms with Gasteiger partial charge in [-0.2, -0.15) is 9.36 Å². The fourth-order valence-corrected chi connectivity index (χ4v) is 2.56. The van der Waals surface area contributed by atoms with Crippen molar-refractivity contribution in [2.45, 2.75) is 20.5 Å². The molecule has 8 nitrogen and oxygen atoms in total. The number of tetrazole rings is 1. The molecule has 8 heteroatoms. The van der Waals surface area contributed by atoms with E-state index in [0.717, 1.165) is 16.7 Å². The maximum Gasteiger partial charge on any atom is 0.368 e. The summed E-state index contributed by atoms with van der Waals surface area (Å²) in [6, 6.07) is 12.9. The second-order valence-corrected chi connectivity index (χ2v) is 5.87. The van der Waals surface area contributed by atoms with Crippen molar-refractivity contribution < 1.29 is 9.94 Å². The number of rotatable bonds is 5. The Morgan fingerprint density at radius 1 is 1.23 bits per heavy atom. The SMILES string of the molecule is CC(=NO)c1cccc(OCc2c(C)cccc2-n2nnn(C)c2=O)c1. The van der Waals surface area contributed by atoms with Crippen LogP contribution in [0, 0.1) is 6.92 Å². The lowest BCUT2D eigenvalue weighted by Crippen LogP contribution is -2.23. The fraction of sp³-hybridized carbons (Fsp3) is 0.222. The molecular weight excluding hydrogens is 334 g/mol. The van der Waals surface area contributed by atoms with Gasteiger partial charge in [0.2, 0.25) is 0 Å². The van der Waals surface area contributed by atoms with Crippen LogP contribution in [0.4, 0.5) is 0 Å². The molecule has 1 heterocycles. The fourth-order valence-electron chi connectivity index (χ4n) is 2.56. The van der Waals surface area contributed by atoms with Crippen molar-refractivity contribution in [3.05, 3.63) is 69.6 Å². The number of benzene rings is 2. The Balaban J connectivity index is 1.92. The van der Waals surface area contributed by atoms with Gasteiger partial charge in [-0.15, -0.1) is 0 Å². The third kappa shape index (κ3) is 3.34. The van der Waals surface area contributed by atoms with Gasteiger partial charge in [-0.3, -0.25) is 0 Å². The highest BCUT2D eigenvalue weighted by Gasteiger charge is 2.13. The Kier molecular flexibility index (Phi) is 4.83. The summed E-state index contributed by atoms with van der Waals surface area (Å²) in [5, 5.41) is 19.8.